The number of aliphatic hydroxyl groups excluding tert-OH is 1. The van der Waals surface area contributed by atoms with Crippen LogP contribution in [0, 0.1) is 11.8 Å². The molecule has 110 valence electrons. The Balaban J connectivity index is 2.19. The SMILES string of the molecule is COc1ccc(C#CCCO)c(CSc2nnnn2C)c1. The van der Waals surface area contributed by atoms with Gasteiger partial charge in [-0.15, -0.1) is 5.10 Å². The summed E-state index contributed by atoms with van der Waals surface area (Å²) in [5.41, 5.74) is 1.97. The number of thioether (sulfide) groups is 1. The molecule has 2 aromatic rings. The fourth-order valence-electron chi connectivity index (χ4n) is 1.64. The average Bonchev–Trinajstić information content (AvgIpc) is 2.91. The van der Waals surface area contributed by atoms with Crippen molar-refractivity contribution in [3.63, 3.8) is 0 Å². The van der Waals surface area contributed by atoms with Gasteiger partial charge in [0.15, 0.2) is 0 Å². The van der Waals surface area contributed by atoms with Crippen molar-refractivity contribution < 1.29 is 9.84 Å². The van der Waals surface area contributed by atoms with Crippen LogP contribution in [0.1, 0.15) is 17.5 Å². The molecule has 0 unspecified atom stereocenters. The summed E-state index contributed by atoms with van der Waals surface area (Å²) in [6.07, 6.45) is 0.464. The van der Waals surface area contributed by atoms with Gasteiger partial charge in [0.05, 0.1) is 13.7 Å². The van der Waals surface area contributed by atoms with Gasteiger partial charge in [-0.2, -0.15) is 0 Å². The van der Waals surface area contributed by atoms with Crippen molar-refractivity contribution in [2.45, 2.75) is 17.3 Å². The van der Waals surface area contributed by atoms with Crippen molar-refractivity contribution in [1.82, 2.24) is 20.2 Å². The van der Waals surface area contributed by atoms with Crippen LogP contribution in [0.5, 0.6) is 5.75 Å². The van der Waals surface area contributed by atoms with E-state index in [4.69, 9.17) is 9.84 Å². The number of hydrogen-bond donors (Lipinski definition) is 1. The average molecular weight is 304 g/mol. The summed E-state index contributed by atoms with van der Waals surface area (Å²) in [6, 6.07) is 5.76. The first kappa shape index (κ1) is 15.4. The second-order valence-electron chi connectivity index (χ2n) is 4.17. The van der Waals surface area contributed by atoms with Crippen molar-refractivity contribution in [2.75, 3.05) is 13.7 Å². The van der Waals surface area contributed by atoms with Gasteiger partial charge < -0.3 is 9.84 Å². The van der Waals surface area contributed by atoms with Crippen LogP contribution in [0.25, 0.3) is 0 Å². The molecule has 1 heterocycles. The number of nitrogens with zero attached hydrogens (tertiary/aromatic N) is 4. The molecule has 0 aliphatic rings. The van der Waals surface area contributed by atoms with Gasteiger partial charge in [0.25, 0.3) is 0 Å². The Morgan fingerprint density at radius 2 is 2.29 bits per heavy atom. The fraction of sp³-hybridized carbons (Fsp3) is 0.357. The van der Waals surface area contributed by atoms with E-state index in [0.717, 1.165) is 22.0 Å². The minimum atomic E-state index is 0.0673. The third-order valence-corrected chi connectivity index (χ3v) is 3.77. The van der Waals surface area contributed by atoms with Crippen molar-refractivity contribution in [3.8, 4) is 17.6 Å². The van der Waals surface area contributed by atoms with Crippen LogP contribution < -0.4 is 4.74 Å². The van der Waals surface area contributed by atoms with E-state index in [-0.39, 0.29) is 6.61 Å². The summed E-state index contributed by atoms with van der Waals surface area (Å²) in [5.74, 6) is 7.49. The van der Waals surface area contributed by atoms with E-state index < -0.39 is 0 Å². The van der Waals surface area contributed by atoms with E-state index >= 15 is 0 Å². The zero-order valence-electron chi connectivity index (χ0n) is 11.9. The number of methoxy groups -OCH3 is 1. The summed E-state index contributed by atoms with van der Waals surface area (Å²) < 4.78 is 6.88. The van der Waals surface area contributed by atoms with Crippen LogP contribution in [-0.2, 0) is 12.8 Å². The number of rotatable bonds is 5. The van der Waals surface area contributed by atoms with Crippen LogP contribution >= 0.6 is 11.8 Å². The third-order valence-electron chi connectivity index (χ3n) is 2.71. The topological polar surface area (TPSA) is 73.1 Å². The highest BCUT2D eigenvalue weighted by molar-refractivity contribution is 7.98. The Hall–Kier alpha value is -2.04. The van der Waals surface area contributed by atoms with Crippen molar-refractivity contribution >= 4 is 11.8 Å². The zero-order chi connectivity index (χ0) is 15.1. The first-order valence-electron chi connectivity index (χ1n) is 6.36. The normalized spacial score (nSPS) is 10.0. The molecule has 1 aromatic heterocycles. The van der Waals surface area contributed by atoms with E-state index in [9.17, 15) is 0 Å². The molecule has 0 atom stereocenters. The minimum absolute atomic E-state index is 0.0673. The third kappa shape index (κ3) is 4.21. The number of aryl methyl sites for hydroxylation is 1. The van der Waals surface area contributed by atoms with Gasteiger partial charge in [-0.05, 0) is 34.2 Å². The molecular formula is C14H16N4O2S. The molecule has 0 spiro atoms. The number of ether oxygens (including phenoxy) is 1. The second-order valence-corrected chi connectivity index (χ2v) is 5.11. The van der Waals surface area contributed by atoms with Crippen molar-refractivity contribution in [3.05, 3.63) is 29.3 Å². The number of aliphatic hydroxyl groups is 1. The fourth-order valence-corrected chi connectivity index (χ4v) is 2.48. The lowest BCUT2D eigenvalue weighted by Gasteiger charge is -2.07. The lowest BCUT2D eigenvalue weighted by molar-refractivity contribution is 0.305. The van der Waals surface area contributed by atoms with Crippen LogP contribution in [0.4, 0.5) is 0 Å². The highest BCUT2D eigenvalue weighted by Gasteiger charge is 2.07. The molecule has 7 heteroatoms. The van der Waals surface area contributed by atoms with E-state index in [1.807, 2.05) is 18.2 Å². The molecule has 0 amide bonds. The maximum atomic E-state index is 8.80. The molecule has 0 bridgehead atoms. The van der Waals surface area contributed by atoms with Gasteiger partial charge in [-0.25, -0.2) is 4.68 Å². The minimum Gasteiger partial charge on any atom is -0.497 e. The predicted molar refractivity (Wildman–Crippen MR) is 79.9 cm³/mol. The number of hydrogen-bond acceptors (Lipinski definition) is 6. The summed E-state index contributed by atoms with van der Waals surface area (Å²) in [5, 5.41) is 20.9. The monoisotopic (exact) mass is 304 g/mol. The second kappa shape index (κ2) is 7.67. The van der Waals surface area contributed by atoms with Gasteiger partial charge in [0.2, 0.25) is 5.16 Å². The van der Waals surface area contributed by atoms with E-state index in [2.05, 4.69) is 27.4 Å². The smallest absolute Gasteiger partial charge is 0.209 e. The first-order chi connectivity index (χ1) is 10.2. The molecular weight excluding hydrogens is 288 g/mol. The van der Waals surface area contributed by atoms with Crippen molar-refractivity contribution in [2.24, 2.45) is 7.05 Å². The van der Waals surface area contributed by atoms with Crippen LogP contribution in [0.2, 0.25) is 0 Å². The summed E-state index contributed by atoms with van der Waals surface area (Å²) in [6.45, 7) is 0.0673. The Kier molecular flexibility index (Phi) is 5.60. The summed E-state index contributed by atoms with van der Waals surface area (Å²) in [4.78, 5) is 0. The maximum Gasteiger partial charge on any atom is 0.209 e. The highest BCUT2D eigenvalue weighted by atomic mass is 32.2. The maximum absolute atomic E-state index is 8.80. The molecule has 0 saturated heterocycles. The Labute approximate surface area is 127 Å². The molecule has 6 nitrogen and oxygen atoms in total. The number of benzene rings is 1. The van der Waals surface area contributed by atoms with Gasteiger partial charge in [-0.3, -0.25) is 0 Å². The van der Waals surface area contributed by atoms with E-state index in [0.29, 0.717) is 12.2 Å². The predicted octanol–water partition coefficient (Wildman–Crippen LogP) is 1.24. The molecule has 2 rings (SSSR count). The van der Waals surface area contributed by atoms with Gasteiger partial charge in [-0.1, -0.05) is 23.6 Å². The van der Waals surface area contributed by atoms with Crippen LogP contribution in [-0.4, -0.2) is 39.0 Å². The largest absolute Gasteiger partial charge is 0.497 e. The molecule has 1 N–H and O–H groups in total. The van der Waals surface area contributed by atoms with Crippen LogP contribution in [0.3, 0.4) is 0 Å². The molecule has 0 saturated carbocycles. The summed E-state index contributed by atoms with van der Waals surface area (Å²) in [7, 11) is 3.44. The zero-order valence-corrected chi connectivity index (χ0v) is 12.7. The summed E-state index contributed by atoms with van der Waals surface area (Å²) >= 11 is 1.53. The molecule has 0 radical (unpaired) electrons. The number of aromatic nitrogens is 4. The van der Waals surface area contributed by atoms with Gasteiger partial charge >= 0.3 is 0 Å². The van der Waals surface area contributed by atoms with Gasteiger partial charge in [0, 0.05) is 24.8 Å². The highest BCUT2D eigenvalue weighted by Crippen LogP contribution is 2.25. The molecule has 0 aliphatic carbocycles. The molecule has 1 aromatic carbocycles. The van der Waals surface area contributed by atoms with E-state index in [1.165, 1.54) is 11.8 Å². The Morgan fingerprint density at radius 3 is 2.95 bits per heavy atom. The molecule has 0 fully saturated rings. The quantitative estimate of drug-likeness (QED) is 0.662. The molecule has 0 aliphatic heterocycles. The Bertz CT molecular complexity index is 660. The molecule has 21 heavy (non-hydrogen) atoms. The number of tetrazole rings is 1. The van der Waals surface area contributed by atoms with Gasteiger partial charge in [0.1, 0.15) is 5.75 Å². The van der Waals surface area contributed by atoms with Crippen molar-refractivity contribution in [1.29, 1.82) is 0 Å². The first-order valence-corrected chi connectivity index (χ1v) is 7.35. The Morgan fingerprint density at radius 1 is 1.43 bits per heavy atom. The lowest BCUT2D eigenvalue weighted by atomic mass is 10.1. The lowest BCUT2D eigenvalue weighted by Crippen LogP contribution is -1.95. The van der Waals surface area contributed by atoms with E-state index in [1.54, 1.807) is 18.8 Å². The van der Waals surface area contributed by atoms with Crippen LogP contribution in [0.15, 0.2) is 23.4 Å². The standard InChI is InChI=1S/C14H16N4O2S/c1-18-14(15-16-17-18)21-10-12-9-13(20-2)7-6-11(12)5-3-4-8-19/h6-7,9,19H,4,8,10H2,1-2H3.